The van der Waals surface area contributed by atoms with Crippen LogP contribution in [0.4, 0.5) is 5.69 Å². The molecule has 0 amide bonds. The van der Waals surface area contributed by atoms with E-state index in [-0.39, 0.29) is 5.75 Å². The van der Waals surface area contributed by atoms with Gasteiger partial charge in [0.25, 0.3) is 0 Å². The standard InChI is InChI=1S/C20H26N2O2S/c1-18-9-11-20(12-10-18)21-13-15-22(16-14-21)25(23,24)17-5-8-19-6-3-2-4-7-19/h2-4,6-7,9-12H,5,8,13-17H2,1H3. The maximum absolute atomic E-state index is 12.6. The number of hydrogen-bond donors (Lipinski definition) is 0. The van der Waals surface area contributed by atoms with Gasteiger partial charge in [-0.05, 0) is 37.5 Å². The summed E-state index contributed by atoms with van der Waals surface area (Å²) in [5, 5.41) is 0. The summed E-state index contributed by atoms with van der Waals surface area (Å²) in [5.74, 6) is 0.229. The second-order valence-corrected chi connectivity index (χ2v) is 8.72. The van der Waals surface area contributed by atoms with Crippen LogP contribution in [0.1, 0.15) is 17.5 Å². The van der Waals surface area contributed by atoms with Crippen molar-refractivity contribution >= 4 is 15.7 Å². The van der Waals surface area contributed by atoms with E-state index in [2.05, 4.69) is 36.1 Å². The van der Waals surface area contributed by atoms with Crippen LogP contribution in [0.5, 0.6) is 0 Å². The van der Waals surface area contributed by atoms with Crippen LogP contribution in [0.15, 0.2) is 54.6 Å². The van der Waals surface area contributed by atoms with Crippen LogP contribution in [0, 0.1) is 6.92 Å². The molecule has 0 aliphatic carbocycles. The topological polar surface area (TPSA) is 40.6 Å². The maximum Gasteiger partial charge on any atom is 0.214 e. The van der Waals surface area contributed by atoms with Gasteiger partial charge in [0.05, 0.1) is 5.75 Å². The molecule has 0 N–H and O–H groups in total. The number of piperazine rings is 1. The number of nitrogens with zero attached hydrogens (tertiary/aromatic N) is 2. The van der Waals surface area contributed by atoms with Crippen LogP contribution >= 0.6 is 0 Å². The molecule has 0 spiro atoms. The lowest BCUT2D eigenvalue weighted by Gasteiger charge is -2.35. The minimum Gasteiger partial charge on any atom is -0.369 e. The Morgan fingerprint density at radius 1 is 0.880 bits per heavy atom. The molecule has 0 aromatic heterocycles. The molecule has 25 heavy (non-hydrogen) atoms. The fraction of sp³-hybridized carbons (Fsp3) is 0.400. The molecular weight excluding hydrogens is 332 g/mol. The Balaban J connectivity index is 1.50. The van der Waals surface area contributed by atoms with Crippen molar-refractivity contribution in [3.05, 3.63) is 65.7 Å². The third kappa shape index (κ3) is 4.83. The van der Waals surface area contributed by atoms with Crippen LogP contribution < -0.4 is 4.90 Å². The quantitative estimate of drug-likeness (QED) is 0.797. The largest absolute Gasteiger partial charge is 0.369 e. The molecule has 0 radical (unpaired) electrons. The molecule has 2 aromatic carbocycles. The van der Waals surface area contributed by atoms with Crippen LogP contribution in [0.3, 0.4) is 0 Å². The highest BCUT2D eigenvalue weighted by atomic mass is 32.2. The third-order valence-electron chi connectivity index (χ3n) is 4.74. The van der Waals surface area contributed by atoms with E-state index in [1.54, 1.807) is 4.31 Å². The Kier molecular flexibility index (Phi) is 5.76. The summed E-state index contributed by atoms with van der Waals surface area (Å²) in [5.41, 5.74) is 3.61. The van der Waals surface area contributed by atoms with Crippen LogP contribution in [-0.2, 0) is 16.4 Å². The molecule has 134 valence electrons. The molecule has 1 saturated heterocycles. The summed E-state index contributed by atoms with van der Waals surface area (Å²) >= 11 is 0. The molecule has 1 aliphatic heterocycles. The molecule has 4 nitrogen and oxygen atoms in total. The summed E-state index contributed by atoms with van der Waals surface area (Å²) in [6.45, 7) is 4.72. The van der Waals surface area contributed by atoms with Crippen molar-refractivity contribution in [1.82, 2.24) is 4.31 Å². The first-order valence-corrected chi connectivity index (χ1v) is 10.5. The molecule has 0 unspecified atom stereocenters. The monoisotopic (exact) mass is 358 g/mol. The Hall–Kier alpha value is -1.85. The van der Waals surface area contributed by atoms with Gasteiger partial charge in [0, 0.05) is 31.9 Å². The number of aryl methyl sites for hydroxylation is 2. The second-order valence-electron chi connectivity index (χ2n) is 6.63. The van der Waals surface area contributed by atoms with Crippen molar-refractivity contribution in [1.29, 1.82) is 0 Å². The fourth-order valence-electron chi connectivity index (χ4n) is 3.21. The minimum absolute atomic E-state index is 0.229. The minimum atomic E-state index is -3.16. The highest BCUT2D eigenvalue weighted by Crippen LogP contribution is 2.19. The predicted molar refractivity (Wildman–Crippen MR) is 104 cm³/mol. The van der Waals surface area contributed by atoms with Crippen molar-refractivity contribution in [2.45, 2.75) is 19.8 Å². The number of rotatable bonds is 6. The van der Waals surface area contributed by atoms with E-state index in [1.807, 2.05) is 30.3 Å². The SMILES string of the molecule is Cc1ccc(N2CCN(S(=O)(=O)CCCc3ccccc3)CC2)cc1. The van der Waals surface area contributed by atoms with E-state index >= 15 is 0 Å². The first-order chi connectivity index (χ1) is 12.0. The summed E-state index contributed by atoms with van der Waals surface area (Å²) in [4.78, 5) is 2.26. The number of hydrogen-bond acceptors (Lipinski definition) is 3. The lowest BCUT2D eigenvalue weighted by molar-refractivity contribution is 0.384. The van der Waals surface area contributed by atoms with Crippen LogP contribution in [0.25, 0.3) is 0 Å². The van der Waals surface area contributed by atoms with Crippen molar-refractivity contribution in [2.75, 3.05) is 36.8 Å². The molecular formula is C20H26N2O2S. The molecule has 0 atom stereocenters. The molecule has 3 rings (SSSR count). The average molecular weight is 359 g/mol. The first kappa shape index (κ1) is 18.0. The van der Waals surface area contributed by atoms with Crippen LogP contribution in [0.2, 0.25) is 0 Å². The van der Waals surface area contributed by atoms with E-state index < -0.39 is 10.0 Å². The van der Waals surface area contributed by atoms with Gasteiger partial charge in [0.2, 0.25) is 10.0 Å². The van der Waals surface area contributed by atoms with Crippen molar-refractivity contribution in [2.24, 2.45) is 0 Å². The molecule has 2 aromatic rings. The third-order valence-corrected chi connectivity index (χ3v) is 6.70. The van der Waals surface area contributed by atoms with Gasteiger partial charge in [0.1, 0.15) is 0 Å². The zero-order chi connectivity index (χ0) is 17.7. The lowest BCUT2D eigenvalue weighted by atomic mass is 10.1. The fourth-order valence-corrected chi connectivity index (χ4v) is 4.70. The maximum atomic E-state index is 12.6. The normalized spacial score (nSPS) is 16.1. The zero-order valence-electron chi connectivity index (χ0n) is 14.8. The van der Waals surface area contributed by atoms with Gasteiger partial charge >= 0.3 is 0 Å². The Bertz CT molecular complexity index is 765. The summed E-state index contributed by atoms with van der Waals surface area (Å²) in [7, 11) is -3.16. The number of benzene rings is 2. The lowest BCUT2D eigenvalue weighted by Crippen LogP contribution is -2.49. The van der Waals surface area contributed by atoms with E-state index in [9.17, 15) is 8.42 Å². The number of sulfonamides is 1. The van der Waals surface area contributed by atoms with Crippen molar-refractivity contribution in [3.63, 3.8) is 0 Å². The summed E-state index contributed by atoms with van der Waals surface area (Å²) in [6.07, 6.45) is 1.48. The summed E-state index contributed by atoms with van der Waals surface area (Å²) < 4.78 is 26.8. The van der Waals surface area contributed by atoms with E-state index in [4.69, 9.17) is 0 Å². The Morgan fingerprint density at radius 3 is 2.16 bits per heavy atom. The molecule has 1 fully saturated rings. The van der Waals surface area contributed by atoms with Crippen molar-refractivity contribution < 1.29 is 8.42 Å². The van der Waals surface area contributed by atoms with Crippen LogP contribution in [-0.4, -0.2) is 44.7 Å². The zero-order valence-corrected chi connectivity index (χ0v) is 15.6. The van der Waals surface area contributed by atoms with Crippen molar-refractivity contribution in [3.8, 4) is 0 Å². The van der Waals surface area contributed by atoms with E-state index in [0.29, 0.717) is 19.5 Å². The molecule has 0 bridgehead atoms. The summed E-state index contributed by atoms with van der Waals surface area (Å²) in [6, 6.07) is 18.5. The molecule has 1 heterocycles. The smallest absolute Gasteiger partial charge is 0.214 e. The van der Waals surface area contributed by atoms with Gasteiger partial charge in [-0.15, -0.1) is 0 Å². The molecule has 0 saturated carbocycles. The highest BCUT2D eigenvalue weighted by Gasteiger charge is 2.26. The Morgan fingerprint density at radius 2 is 1.52 bits per heavy atom. The molecule has 1 aliphatic rings. The van der Waals surface area contributed by atoms with Gasteiger partial charge in [-0.25, -0.2) is 8.42 Å². The second kappa shape index (κ2) is 8.02. The Labute approximate surface area is 151 Å². The first-order valence-electron chi connectivity index (χ1n) is 8.88. The number of anilines is 1. The molecule has 5 heteroatoms. The van der Waals surface area contributed by atoms with E-state index in [1.165, 1.54) is 16.8 Å². The van der Waals surface area contributed by atoms with Gasteiger partial charge < -0.3 is 4.90 Å². The van der Waals surface area contributed by atoms with Gasteiger partial charge in [-0.2, -0.15) is 4.31 Å². The van der Waals surface area contributed by atoms with E-state index in [0.717, 1.165) is 19.5 Å². The average Bonchev–Trinajstić information content (AvgIpc) is 2.63. The predicted octanol–water partition coefficient (Wildman–Crippen LogP) is 3.08. The van der Waals surface area contributed by atoms with Gasteiger partial charge in [-0.3, -0.25) is 0 Å². The van der Waals surface area contributed by atoms with Gasteiger partial charge in [-0.1, -0.05) is 48.0 Å². The van der Waals surface area contributed by atoms with Gasteiger partial charge in [0.15, 0.2) is 0 Å². The highest BCUT2D eigenvalue weighted by molar-refractivity contribution is 7.89.